The van der Waals surface area contributed by atoms with Crippen LogP contribution in [0.3, 0.4) is 0 Å². The SMILES string of the molecule is CC(=O)Nc1c(F)ccc(NC(=O)c2cc(NC(=O)[C@H]3[C@H](c4cc(Cl)cc(Cl)c4)C3(Cl)Cl)cc(F)c2F)c1F. The van der Waals surface area contributed by atoms with Crippen LogP contribution in [0, 0.1) is 29.2 Å². The molecule has 0 bridgehead atoms. The smallest absolute Gasteiger partial charge is 0.258 e. The predicted molar refractivity (Wildman–Crippen MR) is 141 cm³/mol. The molecule has 6 nitrogen and oxygen atoms in total. The minimum Gasteiger partial charge on any atom is -0.326 e. The minimum atomic E-state index is -1.60. The highest BCUT2D eigenvalue weighted by Crippen LogP contribution is 2.65. The summed E-state index contributed by atoms with van der Waals surface area (Å²) in [7, 11) is 0. The zero-order chi connectivity index (χ0) is 28.8. The van der Waals surface area contributed by atoms with Crippen LogP contribution < -0.4 is 16.0 Å². The Morgan fingerprint density at radius 1 is 0.821 bits per heavy atom. The van der Waals surface area contributed by atoms with E-state index < -0.39 is 74.1 Å². The maximum absolute atomic E-state index is 14.7. The zero-order valence-electron chi connectivity index (χ0n) is 19.4. The Kier molecular flexibility index (Phi) is 8.05. The lowest BCUT2D eigenvalue weighted by Crippen LogP contribution is -2.20. The Hall–Kier alpha value is -3.05. The summed E-state index contributed by atoms with van der Waals surface area (Å²) in [5.41, 5.74) is -2.25. The molecule has 0 radical (unpaired) electrons. The van der Waals surface area contributed by atoms with E-state index >= 15 is 0 Å². The number of alkyl halides is 2. The molecule has 3 aromatic carbocycles. The molecule has 0 spiro atoms. The Bertz CT molecular complexity index is 1520. The maximum Gasteiger partial charge on any atom is 0.258 e. The number of hydrogen-bond acceptors (Lipinski definition) is 3. The topological polar surface area (TPSA) is 87.3 Å². The van der Waals surface area contributed by atoms with Gasteiger partial charge in [0.2, 0.25) is 11.8 Å². The van der Waals surface area contributed by atoms with E-state index in [1.807, 2.05) is 10.6 Å². The summed E-state index contributed by atoms with van der Waals surface area (Å²) in [6.07, 6.45) is 0. The Morgan fingerprint density at radius 2 is 1.46 bits per heavy atom. The Balaban J connectivity index is 1.57. The van der Waals surface area contributed by atoms with Crippen LogP contribution in [0.4, 0.5) is 34.6 Å². The number of carbonyl (C=O) groups excluding carboxylic acids is 3. The number of rotatable bonds is 6. The number of hydrogen-bond donors (Lipinski definition) is 3. The Labute approximate surface area is 238 Å². The van der Waals surface area contributed by atoms with Crippen molar-refractivity contribution in [2.24, 2.45) is 5.92 Å². The lowest BCUT2D eigenvalue weighted by Gasteiger charge is -2.13. The fourth-order valence-electron chi connectivity index (χ4n) is 4.00. The molecule has 0 aliphatic heterocycles. The largest absolute Gasteiger partial charge is 0.326 e. The molecule has 1 aliphatic rings. The highest BCUT2D eigenvalue weighted by Gasteiger charge is 2.67. The number of anilines is 3. The molecule has 14 heteroatoms. The highest BCUT2D eigenvalue weighted by atomic mass is 35.5. The number of carbonyl (C=O) groups is 3. The van der Waals surface area contributed by atoms with E-state index in [2.05, 4.69) is 5.32 Å². The molecule has 0 aromatic heterocycles. The number of amides is 3. The first-order valence-corrected chi connectivity index (χ1v) is 12.4. The zero-order valence-corrected chi connectivity index (χ0v) is 22.5. The molecule has 0 saturated heterocycles. The van der Waals surface area contributed by atoms with E-state index in [0.717, 1.165) is 25.1 Å². The molecule has 3 aromatic rings. The lowest BCUT2D eigenvalue weighted by molar-refractivity contribution is -0.117. The predicted octanol–water partition coefficient (Wildman–Crippen LogP) is 7.29. The van der Waals surface area contributed by atoms with Crippen molar-refractivity contribution < 1.29 is 31.9 Å². The summed E-state index contributed by atoms with van der Waals surface area (Å²) >= 11 is 24.6. The second kappa shape index (κ2) is 10.8. The van der Waals surface area contributed by atoms with Gasteiger partial charge < -0.3 is 16.0 Å². The first kappa shape index (κ1) is 28.9. The van der Waals surface area contributed by atoms with Gasteiger partial charge in [0, 0.05) is 34.6 Å². The van der Waals surface area contributed by atoms with Crippen molar-refractivity contribution in [3.05, 3.63) is 86.9 Å². The normalized spacial score (nSPS) is 17.4. The first-order chi connectivity index (χ1) is 18.2. The number of benzene rings is 3. The quantitative estimate of drug-likeness (QED) is 0.199. The molecule has 204 valence electrons. The van der Waals surface area contributed by atoms with Crippen molar-refractivity contribution >= 4 is 81.2 Å². The molecule has 1 saturated carbocycles. The number of nitrogens with one attached hydrogen (secondary N) is 3. The van der Waals surface area contributed by atoms with E-state index in [-0.39, 0.29) is 15.7 Å². The van der Waals surface area contributed by atoms with Crippen LogP contribution in [0.5, 0.6) is 0 Å². The molecule has 1 fully saturated rings. The van der Waals surface area contributed by atoms with Gasteiger partial charge in [-0.05, 0) is 42.0 Å². The molecule has 4 rings (SSSR count). The van der Waals surface area contributed by atoms with E-state index in [1.54, 1.807) is 0 Å². The van der Waals surface area contributed by atoms with Crippen molar-refractivity contribution in [1.29, 1.82) is 0 Å². The van der Waals surface area contributed by atoms with Gasteiger partial charge in [-0.3, -0.25) is 14.4 Å². The summed E-state index contributed by atoms with van der Waals surface area (Å²) in [5.74, 6) is -10.3. The summed E-state index contributed by atoms with van der Waals surface area (Å²) in [5, 5.41) is 6.82. The van der Waals surface area contributed by atoms with E-state index in [1.165, 1.54) is 18.2 Å². The van der Waals surface area contributed by atoms with E-state index in [4.69, 9.17) is 46.4 Å². The average Bonchev–Trinajstić information content (AvgIpc) is 3.42. The molecule has 3 N–H and O–H groups in total. The number of halogens is 8. The van der Waals surface area contributed by atoms with Crippen LogP contribution in [0.15, 0.2) is 42.5 Å². The average molecular weight is 623 g/mol. The second-order valence-electron chi connectivity index (χ2n) is 8.56. The maximum atomic E-state index is 14.7. The third-order valence-electron chi connectivity index (χ3n) is 5.76. The summed E-state index contributed by atoms with van der Waals surface area (Å²) < 4.78 is 55.9. The van der Waals surface area contributed by atoms with Crippen molar-refractivity contribution in [3.63, 3.8) is 0 Å². The van der Waals surface area contributed by atoms with Gasteiger partial charge in [0.05, 0.1) is 17.2 Å². The highest BCUT2D eigenvalue weighted by molar-refractivity contribution is 6.53. The van der Waals surface area contributed by atoms with Crippen molar-refractivity contribution in [3.8, 4) is 0 Å². The van der Waals surface area contributed by atoms with Gasteiger partial charge in [-0.2, -0.15) is 0 Å². The van der Waals surface area contributed by atoms with Crippen LogP contribution in [0.25, 0.3) is 0 Å². The van der Waals surface area contributed by atoms with Gasteiger partial charge in [-0.25, -0.2) is 17.6 Å². The van der Waals surface area contributed by atoms with E-state index in [9.17, 15) is 31.9 Å². The van der Waals surface area contributed by atoms with Crippen molar-refractivity contribution in [2.75, 3.05) is 16.0 Å². The Morgan fingerprint density at radius 3 is 2.08 bits per heavy atom. The lowest BCUT2D eigenvalue weighted by atomic mass is 10.1. The standard InChI is InChI=1S/C25H15Cl4F4N3O3/c1-9(37)34-22-15(30)2-3-17(21(22)33)36-23(38)14-7-13(8-16(31)20(14)32)35-24(39)19-18(25(19,28)29)10-4-11(26)6-12(27)5-10/h2-8,18-19H,1H3,(H,34,37)(H,35,39)(H,36,38)/t18-,19+/m0/s1. The van der Waals surface area contributed by atoms with Crippen LogP contribution in [-0.2, 0) is 9.59 Å². The third kappa shape index (κ3) is 5.94. The summed E-state index contributed by atoms with van der Waals surface area (Å²) in [4.78, 5) is 36.9. The molecule has 1 aliphatic carbocycles. The van der Waals surface area contributed by atoms with Crippen LogP contribution in [0.1, 0.15) is 28.8 Å². The molecule has 0 unspecified atom stereocenters. The molecule has 0 heterocycles. The van der Waals surface area contributed by atoms with E-state index in [0.29, 0.717) is 11.6 Å². The fourth-order valence-corrected chi connectivity index (χ4v) is 5.37. The van der Waals surface area contributed by atoms with Crippen LogP contribution in [-0.4, -0.2) is 22.1 Å². The van der Waals surface area contributed by atoms with Gasteiger partial charge in [0.25, 0.3) is 5.91 Å². The van der Waals surface area contributed by atoms with Gasteiger partial charge in [-0.1, -0.05) is 23.2 Å². The van der Waals surface area contributed by atoms with Gasteiger partial charge in [0.1, 0.15) is 15.8 Å². The van der Waals surface area contributed by atoms with Gasteiger partial charge in [0.15, 0.2) is 17.5 Å². The third-order valence-corrected chi connectivity index (χ3v) is 7.14. The molecule has 39 heavy (non-hydrogen) atoms. The minimum absolute atomic E-state index is 0.283. The second-order valence-corrected chi connectivity index (χ2v) is 10.9. The first-order valence-electron chi connectivity index (χ1n) is 10.9. The van der Waals surface area contributed by atoms with Crippen molar-refractivity contribution in [1.82, 2.24) is 0 Å². The van der Waals surface area contributed by atoms with Crippen LogP contribution in [0.2, 0.25) is 10.0 Å². The summed E-state index contributed by atoms with van der Waals surface area (Å²) in [6.45, 7) is 1.01. The summed E-state index contributed by atoms with van der Waals surface area (Å²) in [6, 6.07) is 7.52. The molecular weight excluding hydrogens is 608 g/mol. The van der Waals surface area contributed by atoms with Gasteiger partial charge >= 0.3 is 0 Å². The van der Waals surface area contributed by atoms with Gasteiger partial charge in [-0.15, -0.1) is 23.2 Å². The fraction of sp³-hybridized carbons (Fsp3) is 0.160. The van der Waals surface area contributed by atoms with Crippen molar-refractivity contribution in [2.45, 2.75) is 17.2 Å². The monoisotopic (exact) mass is 621 g/mol. The van der Waals surface area contributed by atoms with Crippen LogP contribution >= 0.6 is 46.4 Å². The molecule has 2 atom stereocenters. The molecule has 3 amide bonds. The molecular formula is C25H15Cl4F4N3O3.